The van der Waals surface area contributed by atoms with Crippen molar-refractivity contribution in [3.8, 4) is 0 Å². The van der Waals surface area contributed by atoms with E-state index in [-0.39, 0.29) is 30.2 Å². The molecule has 224 valence electrons. The molecule has 0 saturated carbocycles. The van der Waals surface area contributed by atoms with Crippen LogP contribution in [0.4, 0.5) is 26.3 Å². The smallest absolute Gasteiger partial charge is 0.194 e. The van der Waals surface area contributed by atoms with Crippen LogP contribution in [0.2, 0.25) is 0 Å². The molecule has 2 unspecified atom stereocenters. The van der Waals surface area contributed by atoms with E-state index in [1.165, 1.54) is 59.8 Å². The van der Waals surface area contributed by atoms with Crippen LogP contribution in [-0.4, -0.2) is 28.5 Å². The molecule has 0 nitrogen and oxygen atoms in total. The Morgan fingerprint density at radius 3 is 1.42 bits per heavy atom. The molecule has 0 fully saturated rings. The highest BCUT2D eigenvalue weighted by Gasteiger charge is 2.80. The largest absolute Gasteiger partial charge is 0.380 e. The molecule has 2 aliphatic heterocycles. The van der Waals surface area contributed by atoms with Gasteiger partial charge < -0.3 is 0 Å². The average molecular weight is 701 g/mol. The first-order valence-corrected chi connectivity index (χ1v) is 20.3. The number of hydrogen-bond donors (Lipinski definition) is 0. The minimum absolute atomic E-state index is 0.238. The maximum Gasteiger partial charge on any atom is 0.380 e. The Labute approximate surface area is 265 Å². The summed E-state index contributed by atoms with van der Waals surface area (Å²) in [6.07, 6.45) is 0. The van der Waals surface area contributed by atoms with E-state index < -0.39 is 28.9 Å². The molecule has 12 heteroatoms. The number of aryl methyl sites for hydroxylation is 2. The zero-order valence-electron chi connectivity index (χ0n) is 22.6. The highest BCUT2D eigenvalue weighted by molar-refractivity contribution is 8.84. The lowest BCUT2D eigenvalue weighted by Crippen LogP contribution is -2.48. The molecule has 0 N–H and O–H groups in total. The lowest BCUT2D eigenvalue weighted by molar-refractivity contribution is -0.254. The van der Waals surface area contributed by atoms with E-state index in [0.717, 1.165) is 21.3 Å². The van der Waals surface area contributed by atoms with E-state index in [2.05, 4.69) is 0 Å². The Morgan fingerprint density at radius 2 is 1.02 bits per heavy atom. The van der Waals surface area contributed by atoms with Crippen molar-refractivity contribution in [3.63, 3.8) is 0 Å². The number of hydrogen-bond acceptors (Lipinski definition) is 4. The van der Waals surface area contributed by atoms with Gasteiger partial charge in [0.05, 0.1) is 0 Å². The lowest BCUT2D eigenvalue weighted by atomic mass is 9.95. The van der Waals surface area contributed by atoms with Gasteiger partial charge in [-0.1, -0.05) is 58.0 Å². The molecule has 3 aliphatic rings. The van der Waals surface area contributed by atoms with Crippen LogP contribution in [0.1, 0.15) is 41.8 Å². The number of rotatable bonds is 4. The Morgan fingerprint density at radius 1 is 0.628 bits per heavy atom. The third-order valence-corrected chi connectivity index (χ3v) is 17.3. The summed E-state index contributed by atoms with van der Waals surface area (Å²) < 4.78 is 92.5. The Balaban J connectivity index is 1.32. The van der Waals surface area contributed by atoms with Gasteiger partial charge >= 0.3 is 17.8 Å². The van der Waals surface area contributed by atoms with Crippen LogP contribution in [0.3, 0.4) is 0 Å². The van der Waals surface area contributed by atoms with Gasteiger partial charge in [-0.25, -0.2) is 0 Å². The second-order valence-corrected chi connectivity index (χ2v) is 20.3. The quantitative estimate of drug-likeness (QED) is 0.118. The fourth-order valence-corrected chi connectivity index (χ4v) is 16.4. The van der Waals surface area contributed by atoms with Crippen LogP contribution in [-0.2, 0) is 11.5 Å². The van der Waals surface area contributed by atoms with Crippen LogP contribution in [0, 0.1) is 13.8 Å². The van der Waals surface area contributed by atoms with Gasteiger partial charge in [0.1, 0.15) is 0 Å². The van der Waals surface area contributed by atoms with Crippen LogP contribution in [0.15, 0.2) is 70.5 Å². The summed E-state index contributed by atoms with van der Waals surface area (Å²) in [4.78, 5) is 4.10. The van der Waals surface area contributed by atoms with Crippen molar-refractivity contribution in [1.82, 2.24) is 0 Å². The SMILES string of the molecule is Cc1sc(/C=S2/Cc3ccccc3S2)cc1C1=C(c2cc(/C=S3\Cc4ccccc4S3)sc2C)C(F)(F)C(F)(F)C1(F)F. The Bertz CT molecular complexity index is 1710. The second kappa shape index (κ2) is 10.7. The summed E-state index contributed by atoms with van der Waals surface area (Å²) in [7, 11) is 2.76. The third-order valence-electron chi connectivity index (χ3n) is 7.51. The summed E-state index contributed by atoms with van der Waals surface area (Å²) in [6.45, 7) is 3.06. The molecule has 7 rings (SSSR count). The van der Waals surface area contributed by atoms with Crippen molar-refractivity contribution < 1.29 is 26.3 Å². The van der Waals surface area contributed by atoms with Gasteiger partial charge in [0, 0.05) is 52.0 Å². The van der Waals surface area contributed by atoms with Gasteiger partial charge in [-0.15, -0.1) is 41.7 Å². The van der Waals surface area contributed by atoms with Gasteiger partial charge in [0.25, 0.3) is 0 Å². The normalized spacial score (nSPS) is 23.3. The molecule has 0 spiro atoms. The molecular formula is C31H22F6S6. The molecule has 2 aromatic carbocycles. The maximum atomic E-state index is 15.6. The van der Waals surface area contributed by atoms with Crippen molar-refractivity contribution in [3.05, 3.63) is 102 Å². The predicted octanol–water partition coefficient (Wildman–Crippen LogP) is 11.5. The highest BCUT2D eigenvalue weighted by Crippen LogP contribution is 2.66. The summed E-state index contributed by atoms with van der Waals surface area (Å²) >= 11 is 2.33. The van der Waals surface area contributed by atoms with Gasteiger partial charge in [-0.05, 0) is 71.1 Å². The fourth-order valence-electron chi connectivity index (χ4n) is 5.45. The number of fused-ring (bicyclic) bond motifs is 2. The van der Waals surface area contributed by atoms with Crippen molar-refractivity contribution in [1.29, 1.82) is 0 Å². The van der Waals surface area contributed by atoms with Gasteiger partial charge in [0.15, 0.2) is 0 Å². The van der Waals surface area contributed by atoms with Crippen LogP contribution in [0.5, 0.6) is 0 Å². The van der Waals surface area contributed by atoms with E-state index in [9.17, 15) is 0 Å². The third kappa shape index (κ3) is 4.86. The zero-order chi connectivity index (χ0) is 30.3. The molecule has 4 heterocycles. The summed E-state index contributed by atoms with van der Waals surface area (Å²) in [5.41, 5.74) is -0.629. The average Bonchev–Trinajstić information content (AvgIpc) is 3.72. The molecule has 2 atom stereocenters. The minimum Gasteiger partial charge on any atom is -0.194 e. The maximum absolute atomic E-state index is 15.6. The first-order chi connectivity index (χ1) is 20.4. The molecule has 0 bridgehead atoms. The second-order valence-electron chi connectivity index (χ2n) is 10.4. The number of thiophene rings is 2. The summed E-state index contributed by atoms with van der Waals surface area (Å²) in [5, 5.41) is 3.88. The molecule has 0 radical (unpaired) electrons. The molecule has 4 aromatic rings. The Hall–Kier alpha value is -1.70. The monoisotopic (exact) mass is 700 g/mol. The number of halogens is 6. The van der Waals surface area contributed by atoms with E-state index >= 15 is 26.3 Å². The highest BCUT2D eigenvalue weighted by atomic mass is 33.1. The first-order valence-electron chi connectivity index (χ1n) is 13.1. The standard InChI is InChI=1S/C31H22F6S6/c1-17-23(11-21(38-17)15-42-13-19-7-3-5-9-25(19)40-42)27-28(30(34,35)31(36,37)29(27,32)33)24-12-22(39-18(24)2)16-43-14-20-8-4-6-10-26(20)41-43/h3-12,15-16H,13-14H2,1-2H3. The molecule has 0 amide bonds. The van der Waals surface area contributed by atoms with Gasteiger partial charge in [-0.2, -0.15) is 26.3 Å². The minimum atomic E-state index is -5.57. The van der Waals surface area contributed by atoms with Crippen LogP contribution in [0.25, 0.3) is 11.1 Å². The van der Waals surface area contributed by atoms with E-state index in [4.69, 9.17) is 0 Å². The van der Waals surface area contributed by atoms with Gasteiger partial charge in [0.2, 0.25) is 0 Å². The van der Waals surface area contributed by atoms with E-state index in [0.29, 0.717) is 19.5 Å². The fraction of sp³-hybridized carbons (Fsp3) is 0.226. The van der Waals surface area contributed by atoms with E-state index in [1.807, 2.05) is 59.3 Å². The molecular weight excluding hydrogens is 679 g/mol. The molecule has 2 aromatic heterocycles. The number of alkyl halides is 6. The predicted molar refractivity (Wildman–Crippen MR) is 177 cm³/mol. The van der Waals surface area contributed by atoms with Crippen LogP contribution < -0.4 is 0 Å². The summed E-state index contributed by atoms with van der Waals surface area (Å²) in [5.74, 6) is -14.1. The molecule has 43 heavy (non-hydrogen) atoms. The Kier molecular flexibility index (Phi) is 7.45. The first kappa shape index (κ1) is 30.0. The van der Waals surface area contributed by atoms with Crippen molar-refractivity contribution in [2.24, 2.45) is 0 Å². The lowest BCUT2D eigenvalue weighted by Gasteiger charge is -2.25. The topological polar surface area (TPSA) is 0 Å². The van der Waals surface area contributed by atoms with Crippen molar-refractivity contribution in [2.45, 2.75) is 52.9 Å². The number of allylic oxidation sites excluding steroid dienone is 2. The van der Waals surface area contributed by atoms with Gasteiger partial charge in [-0.3, -0.25) is 0 Å². The van der Waals surface area contributed by atoms with Crippen LogP contribution >= 0.6 is 63.3 Å². The zero-order valence-corrected chi connectivity index (χ0v) is 27.5. The molecule has 0 saturated heterocycles. The number of benzene rings is 2. The summed E-state index contributed by atoms with van der Waals surface area (Å²) in [6, 6.07) is 18.7. The van der Waals surface area contributed by atoms with Crippen molar-refractivity contribution in [2.75, 3.05) is 0 Å². The molecule has 1 aliphatic carbocycles. The van der Waals surface area contributed by atoms with Crippen molar-refractivity contribution >= 4 is 85.2 Å². The van der Waals surface area contributed by atoms with E-state index in [1.54, 1.807) is 21.6 Å².